The Balaban J connectivity index is 2.00. The first-order chi connectivity index (χ1) is 12.6. The molecule has 0 unspecified atom stereocenters. The fraction of sp³-hybridized carbons (Fsp3) is 0.300. The van der Waals surface area contributed by atoms with Gasteiger partial charge < -0.3 is 19.5 Å². The first-order valence-corrected chi connectivity index (χ1v) is 8.40. The van der Waals surface area contributed by atoms with Crippen LogP contribution in [-0.4, -0.2) is 32.1 Å². The highest BCUT2D eigenvalue weighted by Crippen LogP contribution is 2.33. The number of aryl methyl sites for hydroxylation is 1. The average Bonchev–Trinajstić information content (AvgIpc) is 2.66. The number of benzene rings is 2. The van der Waals surface area contributed by atoms with Gasteiger partial charge in [0, 0.05) is 12.8 Å². The lowest BCUT2D eigenvalue weighted by molar-refractivity contribution is -0.145. The van der Waals surface area contributed by atoms with Crippen LogP contribution in [0.5, 0.6) is 17.2 Å². The van der Waals surface area contributed by atoms with Crippen LogP contribution in [0.1, 0.15) is 17.5 Å². The predicted molar refractivity (Wildman–Crippen MR) is 95.5 cm³/mol. The second kappa shape index (κ2) is 7.91. The maximum absolute atomic E-state index is 12.3. The van der Waals surface area contributed by atoms with Crippen molar-refractivity contribution < 1.29 is 23.8 Å². The number of hydrogen-bond acceptors (Lipinski definition) is 5. The quantitative estimate of drug-likeness (QED) is 0.839. The van der Waals surface area contributed by atoms with Crippen molar-refractivity contribution in [2.24, 2.45) is 0 Å². The van der Waals surface area contributed by atoms with Crippen LogP contribution < -0.4 is 14.8 Å². The van der Waals surface area contributed by atoms with Gasteiger partial charge in [-0.3, -0.25) is 4.79 Å². The highest BCUT2D eigenvalue weighted by molar-refractivity contribution is 5.84. The van der Waals surface area contributed by atoms with E-state index in [-0.39, 0.29) is 5.91 Å². The van der Waals surface area contributed by atoms with Crippen LogP contribution >= 0.6 is 0 Å². The van der Waals surface area contributed by atoms with E-state index >= 15 is 0 Å². The molecule has 2 aromatic carbocycles. The summed E-state index contributed by atoms with van der Waals surface area (Å²) in [6, 6.07) is 12.2. The Labute approximate surface area is 152 Å². The van der Waals surface area contributed by atoms with Gasteiger partial charge in [-0.15, -0.1) is 0 Å². The Hall–Kier alpha value is -3.02. The molecule has 0 saturated heterocycles. The second-order valence-electron chi connectivity index (χ2n) is 6.08. The van der Waals surface area contributed by atoms with Gasteiger partial charge in [0.25, 0.3) is 0 Å². The molecule has 2 aromatic rings. The number of amides is 1. The molecule has 0 aromatic heterocycles. The third-order valence-electron chi connectivity index (χ3n) is 4.28. The van der Waals surface area contributed by atoms with Crippen molar-refractivity contribution in [3.8, 4) is 17.2 Å². The van der Waals surface area contributed by atoms with E-state index in [9.17, 15) is 9.59 Å². The van der Waals surface area contributed by atoms with E-state index in [0.717, 1.165) is 11.1 Å². The van der Waals surface area contributed by atoms with Crippen molar-refractivity contribution in [2.75, 3.05) is 14.2 Å². The second-order valence-corrected chi connectivity index (χ2v) is 6.08. The standard InChI is InChI=1S/C20H21NO5/c1-24-17-9-5-14-11-16(20(23)25-2)21-19(22)10-6-13-3-7-15(8-4-13)26-18(17)12-14/h3-5,7-9,12,16H,6,10-11H2,1-2H3,(H,21,22)/t16-/m0/s1. The molecule has 6 heteroatoms. The number of nitrogens with one attached hydrogen (secondary N) is 1. The van der Waals surface area contributed by atoms with Crippen LogP contribution in [0.2, 0.25) is 0 Å². The first-order valence-electron chi connectivity index (χ1n) is 8.40. The van der Waals surface area contributed by atoms with Crippen LogP contribution in [0.4, 0.5) is 0 Å². The number of rotatable bonds is 2. The number of ether oxygens (including phenoxy) is 3. The van der Waals surface area contributed by atoms with E-state index < -0.39 is 12.0 Å². The van der Waals surface area contributed by atoms with E-state index in [1.807, 2.05) is 30.3 Å². The van der Waals surface area contributed by atoms with Crippen molar-refractivity contribution in [2.45, 2.75) is 25.3 Å². The molecule has 2 aliphatic rings. The van der Waals surface area contributed by atoms with E-state index in [0.29, 0.717) is 36.5 Å². The minimum absolute atomic E-state index is 0.188. The minimum atomic E-state index is -0.752. The molecule has 1 N–H and O–H groups in total. The van der Waals surface area contributed by atoms with Gasteiger partial charge in [-0.05, 0) is 41.8 Å². The summed E-state index contributed by atoms with van der Waals surface area (Å²) in [5.41, 5.74) is 1.84. The van der Waals surface area contributed by atoms with Crippen molar-refractivity contribution in [3.05, 3.63) is 53.6 Å². The predicted octanol–water partition coefficient (Wildman–Crippen LogP) is 2.63. The zero-order valence-corrected chi connectivity index (χ0v) is 14.8. The summed E-state index contributed by atoms with van der Waals surface area (Å²) in [6.07, 6.45) is 1.17. The summed E-state index contributed by atoms with van der Waals surface area (Å²) in [4.78, 5) is 24.3. The monoisotopic (exact) mass is 355 g/mol. The van der Waals surface area contributed by atoms with Gasteiger partial charge in [-0.2, -0.15) is 0 Å². The molecule has 136 valence electrons. The summed E-state index contributed by atoms with van der Waals surface area (Å²) in [5, 5.41) is 2.76. The highest BCUT2D eigenvalue weighted by atomic mass is 16.5. The molecule has 0 fully saturated rings. The van der Waals surface area contributed by atoms with E-state index in [2.05, 4.69) is 5.32 Å². The van der Waals surface area contributed by atoms with Crippen LogP contribution in [-0.2, 0) is 27.2 Å². The molecule has 2 heterocycles. The largest absolute Gasteiger partial charge is 0.493 e. The number of carbonyl (C=O) groups excluding carboxylic acids is 2. The SMILES string of the molecule is COC(=O)[C@@H]1Cc2ccc(OC)c(c2)Oc2ccc(cc2)CCC(=O)N1. The molecule has 26 heavy (non-hydrogen) atoms. The third kappa shape index (κ3) is 4.14. The minimum Gasteiger partial charge on any atom is -0.493 e. The van der Waals surface area contributed by atoms with Crippen molar-refractivity contribution >= 4 is 11.9 Å². The summed E-state index contributed by atoms with van der Waals surface area (Å²) in [5.74, 6) is 1.14. The van der Waals surface area contributed by atoms with E-state index in [1.54, 1.807) is 19.2 Å². The van der Waals surface area contributed by atoms with Gasteiger partial charge in [0.2, 0.25) is 5.91 Å². The topological polar surface area (TPSA) is 73.9 Å². The Morgan fingerprint density at radius 2 is 1.81 bits per heavy atom. The molecule has 1 atom stereocenters. The number of methoxy groups -OCH3 is 2. The van der Waals surface area contributed by atoms with Gasteiger partial charge in [0.15, 0.2) is 11.5 Å². The smallest absolute Gasteiger partial charge is 0.328 e. The van der Waals surface area contributed by atoms with Crippen LogP contribution in [0.3, 0.4) is 0 Å². The van der Waals surface area contributed by atoms with Gasteiger partial charge in [0.1, 0.15) is 11.8 Å². The molecule has 0 aliphatic carbocycles. The normalized spacial score (nSPS) is 16.8. The first kappa shape index (κ1) is 17.8. The van der Waals surface area contributed by atoms with Crippen molar-refractivity contribution in [1.29, 1.82) is 0 Å². The fourth-order valence-corrected chi connectivity index (χ4v) is 2.87. The maximum atomic E-state index is 12.3. The zero-order valence-electron chi connectivity index (χ0n) is 14.8. The van der Waals surface area contributed by atoms with Crippen LogP contribution in [0.15, 0.2) is 42.5 Å². The van der Waals surface area contributed by atoms with Gasteiger partial charge >= 0.3 is 5.97 Å². The molecule has 0 spiro atoms. The molecule has 1 amide bonds. The Morgan fingerprint density at radius 1 is 1.08 bits per heavy atom. The van der Waals surface area contributed by atoms with Gasteiger partial charge in [-0.1, -0.05) is 18.2 Å². The third-order valence-corrected chi connectivity index (χ3v) is 4.28. The van der Waals surface area contributed by atoms with Crippen LogP contribution in [0.25, 0.3) is 0 Å². The lowest BCUT2D eigenvalue weighted by atomic mass is 10.0. The Kier molecular flexibility index (Phi) is 5.41. The molecule has 4 bridgehead atoms. The lowest BCUT2D eigenvalue weighted by Gasteiger charge is -2.19. The summed E-state index contributed by atoms with van der Waals surface area (Å²) in [6.45, 7) is 0. The Bertz CT molecular complexity index is 800. The summed E-state index contributed by atoms with van der Waals surface area (Å²) >= 11 is 0. The number of esters is 1. The summed E-state index contributed by atoms with van der Waals surface area (Å²) in [7, 11) is 2.88. The highest BCUT2D eigenvalue weighted by Gasteiger charge is 2.23. The molecular formula is C20H21NO5. The average molecular weight is 355 g/mol. The fourth-order valence-electron chi connectivity index (χ4n) is 2.87. The van der Waals surface area contributed by atoms with Crippen LogP contribution in [0, 0.1) is 0 Å². The van der Waals surface area contributed by atoms with Gasteiger partial charge in [0.05, 0.1) is 14.2 Å². The molecule has 4 rings (SSSR count). The van der Waals surface area contributed by atoms with Crippen molar-refractivity contribution in [1.82, 2.24) is 5.32 Å². The lowest BCUT2D eigenvalue weighted by Crippen LogP contribution is -2.43. The summed E-state index contributed by atoms with van der Waals surface area (Å²) < 4.78 is 16.1. The molecular weight excluding hydrogens is 334 g/mol. The molecule has 6 nitrogen and oxygen atoms in total. The Morgan fingerprint density at radius 3 is 2.50 bits per heavy atom. The van der Waals surface area contributed by atoms with Gasteiger partial charge in [-0.25, -0.2) is 4.79 Å². The zero-order chi connectivity index (χ0) is 18.5. The van der Waals surface area contributed by atoms with E-state index in [4.69, 9.17) is 14.2 Å². The van der Waals surface area contributed by atoms with Crippen molar-refractivity contribution in [3.63, 3.8) is 0 Å². The molecule has 2 aliphatic heterocycles. The molecule has 0 saturated carbocycles. The molecule has 0 radical (unpaired) electrons. The number of hydrogen-bond donors (Lipinski definition) is 1. The number of fused-ring (bicyclic) bond motifs is 7. The number of carbonyl (C=O) groups is 2. The maximum Gasteiger partial charge on any atom is 0.328 e. The van der Waals surface area contributed by atoms with E-state index in [1.165, 1.54) is 7.11 Å².